The Morgan fingerprint density at radius 2 is 0.541 bits per heavy atom. The Morgan fingerprint density at radius 3 is 0.803 bits per heavy atom. The van der Waals surface area contributed by atoms with E-state index < -0.39 is 0 Å². The van der Waals surface area contributed by atoms with E-state index in [4.69, 9.17) is 61.6 Å². The van der Waals surface area contributed by atoms with Gasteiger partial charge in [-0.05, 0) is 12.3 Å². The van der Waals surface area contributed by atoms with E-state index in [1.807, 2.05) is 0 Å². The highest BCUT2D eigenvalue weighted by Crippen LogP contribution is 2.14. The van der Waals surface area contributed by atoms with Crippen LogP contribution in [0, 0.1) is 5.92 Å². The first-order valence-electron chi connectivity index (χ1n) is 24.3. The molecular formula is C47H94O14. The monoisotopic (exact) mass is 883 g/mol. The zero-order valence-electron chi connectivity index (χ0n) is 39.5. The minimum absolute atomic E-state index is 0.131. The molecule has 1 unspecified atom stereocenters. The number of hydrogen-bond acceptors (Lipinski definition) is 14. The molecule has 0 aliphatic rings. The largest absolute Gasteiger partial charge is 0.463 e. The Balaban J connectivity index is 3.13. The highest BCUT2D eigenvalue weighted by molar-refractivity contribution is 5.69. The lowest BCUT2D eigenvalue weighted by Crippen LogP contribution is -2.16. The van der Waals surface area contributed by atoms with Gasteiger partial charge in [0.15, 0.2) is 0 Å². The van der Waals surface area contributed by atoms with Crippen molar-refractivity contribution >= 4 is 5.97 Å². The molecule has 0 N–H and O–H groups in total. The summed E-state index contributed by atoms with van der Waals surface area (Å²) in [5, 5.41) is 0. The molecule has 61 heavy (non-hydrogen) atoms. The normalized spacial score (nSPS) is 12.1. The van der Waals surface area contributed by atoms with Crippen LogP contribution in [0.1, 0.15) is 130 Å². The Kier molecular flexibility index (Phi) is 54.2. The summed E-state index contributed by atoms with van der Waals surface area (Å²) >= 11 is 0. The van der Waals surface area contributed by atoms with Crippen LogP contribution >= 0.6 is 0 Å². The van der Waals surface area contributed by atoms with Crippen molar-refractivity contribution in [2.75, 3.05) is 165 Å². The molecule has 0 spiro atoms. The van der Waals surface area contributed by atoms with Gasteiger partial charge in [0.2, 0.25) is 0 Å². The van der Waals surface area contributed by atoms with E-state index in [1.165, 1.54) is 83.5 Å². The molecule has 0 aromatic carbocycles. The molecule has 366 valence electrons. The van der Waals surface area contributed by atoms with E-state index in [2.05, 4.69) is 20.8 Å². The molecule has 0 aliphatic heterocycles. The molecule has 0 aromatic heterocycles. The summed E-state index contributed by atoms with van der Waals surface area (Å²) in [6, 6.07) is 0. The van der Waals surface area contributed by atoms with Gasteiger partial charge in [0.25, 0.3) is 0 Å². The predicted molar refractivity (Wildman–Crippen MR) is 240 cm³/mol. The number of rotatable bonds is 55. The van der Waals surface area contributed by atoms with Gasteiger partial charge in [-0.1, -0.05) is 117 Å². The molecule has 14 nitrogen and oxygen atoms in total. The van der Waals surface area contributed by atoms with Gasteiger partial charge < -0.3 is 61.6 Å². The third-order valence-corrected chi connectivity index (χ3v) is 9.67. The fourth-order valence-corrected chi connectivity index (χ4v) is 5.75. The van der Waals surface area contributed by atoms with Crippen molar-refractivity contribution in [1.82, 2.24) is 0 Å². The average Bonchev–Trinajstić information content (AvgIpc) is 3.27. The first-order chi connectivity index (χ1) is 30.2. The van der Waals surface area contributed by atoms with Gasteiger partial charge in [0.05, 0.1) is 152 Å². The van der Waals surface area contributed by atoms with Crippen molar-refractivity contribution < 1.29 is 66.4 Å². The second-order valence-electron chi connectivity index (χ2n) is 15.2. The van der Waals surface area contributed by atoms with Crippen molar-refractivity contribution in [3.63, 3.8) is 0 Å². The van der Waals surface area contributed by atoms with Crippen LogP contribution in [0.25, 0.3) is 0 Å². The Hall–Kier alpha value is -1.01. The van der Waals surface area contributed by atoms with Crippen molar-refractivity contribution in [2.24, 2.45) is 5.92 Å². The maximum absolute atomic E-state index is 11.9. The van der Waals surface area contributed by atoms with Gasteiger partial charge >= 0.3 is 5.97 Å². The summed E-state index contributed by atoms with van der Waals surface area (Å²) in [5.74, 6) is 0.463. The molecule has 0 rings (SSSR count). The van der Waals surface area contributed by atoms with Crippen LogP contribution in [0.4, 0.5) is 0 Å². The van der Waals surface area contributed by atoms with Gasteiger partial charge in [0.1, 0.15) is 6.61 Å². The van der Waals surface area contributed by atoms with Crippen LogP contribution in [0.15, 0.2) is 0 Å². The molecular weight excluding hydrogens is 789 g/mol. The van der Waals surface area contributed by atoms with Crippen LogP contribution in [-0.2, 0) is 66.4 Å². The lowest BCUT2D eigenvalue weighted by molar-refractivity contribution is -0.145. The molecule has 0 radical (unpaired) electrons. The van der Waals surface area contributed by atoms with E-state index in [-0.39, 0.29) is 12.6 Å². The quantitative estimate of drug-likeness (QED) is 0.0431. The van der Waals surface area contributed by atoms with Gasteiger partial charge in [-0.25, -0.2) is 0 Å². The third-order valence-electron chi connectivity index (χ3n) is 9.67. The molecule has 0 saturated carbocycles. The Labute approximate surface area is 372 Å². The molecule has 0 bridgehead atoms. The summed E-state index contributed by atoms with van der Waals surface area (Å²) in [7, 11) is 0. The Bertz CT molecular complexity index is 811. The summed E-state index contributed by atoms with van der Waals surface area (Å²) in [6.45, 7) is 19.4. The summed E-state index contributed by atoms with van der Waals surface area (Å²) in [5.41, 5.74) is 0. The highest BCUT2D eigenvalue weighted by Gasteiger charge is 2.03. The number of esters is 1. The van der Waals surface area contributed by atoms with Crippen LogP contribution in [0.2, 0.25) is 0 Å². The zero-order valence-corrected chi connectivity index (χ0v) is 39.5. The summed E-state index contributed by atoms with van der Waals surface area (Å²) in [6.07, 6.45) is 21.3. The minimum atomic E-state index is -0.131. The molecule has 0 fully saturated rings. The maximum atomic E-state index is 11.9. The number of carbonyl (C=O) groups is 1. The summed E-state index contributed by atoms with van der Waals surface area (Å²) in [4.78, 5) is 11.9. The van der Waals surface area contributed by atoms with E-state index in [1.54, 1.807) is 0 Å². The smallest absolute Gasteiger partial charge is 0.305 e. The van der Waals surface area contributed by atoms with Crippen LogP contribution in [-0.4, -0.2) is 171 Å². The van der Waals surface area contributed by atoms with E-state index in [9.17, 15) is 4.79 Å². The lowest BCUT2D eigenvalue weighted by Gasteiger charge is -2.10. The average molecular weight is 883 g/mol. The minimum Gasteiger partial charge on any atom is -0.463 e. The van der Waals surface area contributed by atoms with Gasteiger partial charge in [-0.2, -0.15) is 0 Å². The lowest BCUT2D eigenvalue weighted by atomic mass is 10.0. The highest BCUT2D eigenvalue weighted by atomic mass is 16.6. The predicted octanol–water partition coefficient (Wildman–Crippen LogP) is 8.04. The second-order valence-corrected chi connectivity index (χ2v) is 15.2. The molecule has 0 amide bonds. The van der Waals surface area contributed by atoms with E-state index in [0.29, 0.717) is 164 Å². The van der Waals surface area contributed by atoms with Crippen LogP contribution in [0.3, 0.4) is 0 Å². The number of unbranched alkanes of at least 4 members (excludes halogenated alkanes) is 14. The Morgan fingerprint density at radius 1 is 0.311 bits per heavy atom. The number of ether oxygens (including phenoxy) is 13. The van der Waals surface area contributed by atoms with Crippen molar-refractivity contribution in [1.29, 1.82) is 0 Å². The number of carbonyl (C=O) groups excluding carboxylic acids is 1. The van der Waals surface area contributed by atoms with E-state index >= 15 is 0 Å². The fourth-order valence-electron chi connectivity index (χ4n) is 5.75. The van der Waals surface area contributed by atoms with Crippen LogP contribution < -0.4 is 0 Å². The first kappa shape index (κ1) is 60.0. The topological polar surface area (TPSA) is 137 Å². The van der Waals surface area contributed by atoms with Crippen LogP contribution in [0.5, 0.6) is 0 Å². The molecule has 0 aliphatic carbocycles. The van der Waals surface area contributed by atoms with Gasteiger partial charge in [-0.3, -0.25) is 4.79 Å². The van der Waals surface area contributed by atoms with Crippen molar-refractivity contribution in [3.05, 3.63) is 0 Å². The maximum Gasteiger partial charge on any atom is 0.305 e. The third kappa shape index (κ3) is 55.1. The second kappa shape index (κ2) is 55.1. The standard InChI is InChI=1S/C47H94O14/c1-4-6-7-8-9-10-11-12-13-14-15-16-17-18-19-20-47(48)61-44-43-59-40-39-57-36-35-55-32-31-53-28-27-51-24-23-49-21-22-50-25-26-52-29-30-54-33-34-56-37-38-58-41-42-60-45-46(3)5-2/h46H,4-45H2,1-3H3. The SMILES string of the molecule is CCCCCCCCCCCCCCCCCC(=O)OCCOCCOCCOCCOCCOCCOCCOCCOCCOCCOCCOCCOCC(C)CC. The molecule has 14 heteroatoms. The number of hydrogen-bond donors (Lipinski definition) is 0. The molecule has 0 saturated heterocycles. The van der Waals surface area contributed by atoms with Gasteiger partial charge in [0, 0.05) is 13.0 Å². The summed E-state index contributed by atoms with van der Waals surface area (Å²) < 4.78 is 71.3. The zero-order chi connectivity index (χ0) is 44.0. The molecule has 1 atom stereocenters. The van der Waals surface area contributed by atoms with Crippen molar-refractivity contribution in [3.8, 4) is 0 Å². The van der Waals surface area contributed by atoms with Gasteiger partial charge in [-0.15, -0.1) is 0 Å². The van der Waals surface area contributed by atoms with Crippen molar-refractivity contribution in [2.45, 2.75) is 130 Å². The molecule has 0 heterocycles. The first-order valence-corrected chi connectivity index (χ1v) is 24.3. The fraction of sp³-hybridized carbons (Fsp3) is 0.979. The molecule has 0 aromatic rings. The van der Waals surface area contributed by atoms with E-state index in [0.717, 1.165) is 25.9 Å².